The van der Waals surface area contributed by atoms with Crippen molar-refractivity contribution < 1.29 is 14.2 Å². The number of hydrogen-bond donors (Lipinski definition) is 1. The van der Waals surface area contributed by atoms with Crippen LogP contribution in [0.15, 0.2) is 10.9 Å². The van der Waals surface area contributed by atoms with Crippen LogP contribution in [0.4, 0.5) is 0 Å². The van der Waals surface area contributed by atoms with Gasteiger partial charge in [0.25, 0.3) is 0 Å². The molecule has 0 saturated heterocycles. The molecule has 5 nitrogen and oxygen atoms in total. The number of methoxy groups -OCH3 is 3. The number of ether oxygens (including phenoxy) is 3. The average Bonchev–Trinajstić information content (AvgIpc) is 2.45. The first kappa shape index (κ1) is 14.2. The van der Waals surface area contributed by atoms with Gasteiger partial charge in [-0.05, 0) is 13.3 Å². The van der Waals surface area contributed by atoms with E-state index < -0.39 is 0 Å². The molecule has 1 heterocycles. The van der Waals surface area contributed by atoms with Gasteiger partial charge in [-0.3, -0.25) is 4.79 Å². The Bertz CT molecular complexity index is 703. The van der Waals surface area contributed by atoms with Crippen molar-refractivity contribution >= 4 is 10.9 Å². The summed E-state index contributed by atoms with van der Waals surface area (Å²) in [5, 5.41) is 0.493. The van der Waals surface area contributed by atoms with Crippen molar-refractivity contribution in [2.75, 3.05) is 21.3 Å². The molecule has 5 heteroatoms. The van der Waals surface area contributed by atoms with Crippen LogP contribution in [0.1, 0.15) is 18.2 Å². The number of aromatic amines is 1. The van der Waals surface area contributed by atoms with Gasteiger partial charge in [0.2, 0.25) is 5.75 Å². The SMILES string of the molecule is CCc1c(C)[nH]c2cc(OC)c(OC)c(OC)c2c1=O. The number of pyridine rings is 1. The Hall–Kier alpha value is -2.17. The van der Waals surface area contributed by atoms with Gasteiger partial charge in [-0.25, -0.2) is 0 Å². The van der Waals surface area contributed by atoms with E-state index in [0.29, 0.717) is 34.6 Å². The van der Waals surface area contributed by atoms with E-state index in [4.69, 9.17) is 14.2 Å². The van der Waals surface area contributed by atoms with Crippen molar-refractivity contribution in [1.82, 2.24) is 4.98 Å². The summed E-state index contributed by atoms with van der Waals surface area (Å²) in [7, 11) is 4.59. The van der Waals surface area contributed by atoms with Gasteiger partial charge in [-0.15, -0.1) is 0 Å². The lowest BCUT2D eigenvalue weighted by molar-refractivity contribution is 0.327. The second kappa shape index (κ2) is 5.45. The molecule has 0 aliphatic carbocycles. The van der Waals surface area contributed by atoms with Crippen molar-refractivity contribution in [3.05, 3.63) is 27.5 Å². The molecule has 0 fully saturated rings. The molecule has 1 aromatic carbocycles. The van der Waals surface area contributed by atoms with Crippen molar-refractivity contribution in [1.29, 1.82) is 0 Å². The van der Waals surface area contributed by atoms with E-state index in [9.17, 15) is 4.79 Å². The topological polar surface area (TPSA) is 60.6 Å². The van der Waals surface area contributed by atoms with Gasteiger partial charge in [-0.2, -0.15) is 0 Å². The molecular formula is C15H19NO4. The zero-order valence-corrected chi connectivity index (χ0v) is 12.4. The van der Waals surface area contributed by atoms with E-state index in [0.717, 1.165) is 11.3 Å². The molecule has 0 saturated carbocycles. The third-order valence-electron chi connectivity index (χ3n) is 3.46. The third-order valence-corrected chi connectivity index (χ3v) is 3.46. The Labute approximate surface area is 117 Å². The normalized spacial score (nSPS) is 10.7. The Morgan fingerprint density at radius 3 is 2.25 bits per heavy atom. The van der Waals surface area contributed by atoms with Crippen LogP contribution in [0.2, 0.25) is 0 Å². The molecule has 0 spiro atoms. The number of nitrogens with one attached hydrogen (secondary N) is 1. The molecule has 0 aliphatic heterocycles. The van der Waals surface area contributed by atoms with Crippen LogP contribution in [-0.4, -0.2) is 26.3 Å². The lowest BCUT2D eigenvalue weighted by atomic mass is 10.1. The standard InChI is InChI=1S/C15H19NO4/c1-6-9-8(2)16-10-7-11(18-3)14(19-4)15(20-5)12(10)13(9)17/h7H,6H2,1-5H3,(H,16,17). The van der Waals surface area contributed by atoms with Crippen LogP contribution in [0.3, 0.4) is 0 Å². The van der Waals surface area contributed by atoms with Crippen LogP contribution < -0.4 is 19.6 Å². The summed E-state index contributed by atoms with van der Waals surface area (Å²) in [6, 6.07) is 1.75. The van der Waals surface area contributed by atoms with E-state index in [1.807, 2.05) is 13.8 Å². The van der Waals surface area contributed by atoms with Gasteiger partial charge in [0.1, 0.15) is 0 Å². The second-order valence-corrected chi connectivity index (χ2v) is 4.48. The highest BCUT2D eigenvalue weighted by molar-refractivity contribution is 5.91. The van der Waals surface area contributed by atoms with Gasteiger partial charge in [0.05, 0.1) is 32.2 Å². The summed E-state index contributed by atoms with van der Waals surface area (Å²) < 4.78 is 16.0. The second-order valence-electron chi connectivity index (χ2n) is 4.48. The average molecular weight is 277 g/mol. The van der Waals surface area contributed by atoms with Crippen molar-refractivity contribution in [3.8, 4) is 17.2 Å². The number of benzene rings is 1. The first-order valence-corrected chi connectivity index (χ1v) is 6.43. The zero-order valence-electron chi connectivity index (χ0n) is 12.4. The monoisotopic (exact) mass is 277 g/mol. The molecule has 0 unspecified atom stereocenters. The van der Waals surface area contributed by atoms with Gasteiger partial charge in [-0.1, -0.05) is 6.92 Å². The van der Waals surface area contributed by atoms with Crippen LogP contribution in [0, 0.1) is 6.92 Å². The van der Waals surface area contributed by atoms with Crippen LogP contribution in [0.25, 0.3) is 10.9 Å². The fraction of sp³-hybridized carbons (Fsp3) is 0.400. The quantitative estimate of drug-likeness (QED) is 0.932. The molecule has 0 aliphatic rings. The molecular weight excluding hydrogens is 258 g/mol. The minimum absolute atomic E-state index is 0.0310. The third kappa shape index (κ3) is 1.99. The Morgan fingerprint density at radius 2 is 1.75 bits per heavy atom. The number of aromatic nitrogens is 1. The molecule has 0 radical (unpaired) electrons. The van der Waals surface area contributed by atoms with Crippen molar-refractivity contribution in [3.63, 3.8) is 0 Å². The van der Waals surface area contributed by atoms with Crippen LogP contribution >= 0.6 is 0 Å². The van der Waals surface area contributed by atoms with E-state index in [2.05, 4.69) is 4.98 Å². The summed E-state index contributed by atoms with van der Waals surface area (Å²) >= 11 is 0. The van der Waals surface area contributed by atoms with Crippen molar-refractivity contribution in [2.45, 2.75) is 20.3 Å². The summed E-state index contributed by atoms with van der Waals surface area (Å²) in [5.74, 6) is 1.35. The maximum Gasteiger partial charge on any atom is 0.204 e. The summed E-state index contributed by atoms with van der Waals surface area (Å²) in [5.41, 5.74) is 2.26. The lowest BCUT2D eigenvalue weighted by Crippen LogP contribution is -2.14. The fourth-order valence-electron chi connectivity index (χ4n) is 2.50. The Balaban J connectivity index is 3.01. The minimum Gasteiger partial charge on any atom is -0.493 e. The van der Waals surface area contributed by atoms with Crippen molar-refractivity contribution in [2.24, 2.45) is 0 Å². The summed E-state index contributed by atoms with van der Waals surface area (Å²) in [6.45, 7) is 3.85. The number of hydrogen-bond acceptors (Lipinski definition) is 4. The van der Waals surface area contributed by atoms with E-state index in [1.54, 1.807) is 13.2 Å². The maximum atomic E-state index is 12.6. The highest BCUT2D eigenvalue weighted by Crippen LogP contribution is 2.41. The van der Waals surface area contributed by atoms with Gasteiger partial charge < -0.3 is 19.2 Å². The molecule has 0 amide bonds. The Kier molecular flexibility index (Phi) is 3.88. The summed E-state index contributed by atoms with van der Waals surface area (Å²) in [4.78, 5) is 15.9. The van der Waals surface area contributed by atoms with E-state index in [1.165, 1.54) is 14.2 Å². The van der Waals surface area contributed by atoms with E-state index in [-0.39, 0.29) is 5.43 Å². The zero-order chi connectivity index (χ0) is 14.9. The molecule has 0 bridgehead atoms. The predicted molar refractivity (Wildman–Crippen MR) is 78.3 cm³/mol. The fourth-order valence-corrected chi connectivity index (χ4v) is 2.50. The maximum absolute atomic E-state index is 12.6. The molecule has 20 heavy (non-hydrogen) atoms. The molecule has 2 rings (SSSR count). The molecule has 1 N–H and O–H groups in total. The van der Waals surface area contributed by atoms with Crippen LogP contribution in [-0.2, 0) is 6.42 Å². The van der Waals surface area contributed by atoms with Crippen LogP contribution in [0.5, 0.6) is 17.2 Å². The van der Waals surface area contributed by atoms with E-state index >= 15 is 0 Å². The smallest absolute Gasteiger partial charge is 0.204 e. The number of fused-ring (bicyclic) bond motifs is 1. The van der Waals surface area contributed by atoms with Gasteiger partial charge in [0.15, 0.2) is 16.9 Å². The highest BCUT2D eigenvalue weighted by atomic mass is 16.5. The number of rotatable bonds is 4. The molecule has 1 aromatic heterocycles. The Morgan fingerprint density at radius 1 is 1.10 bits per heavy atom. The first-order valence-electron chi connectivity index (χ1n) is 6.43. The number of aryl methyl sites for hydroxylation is 1. The lowest BCUT2D eigenvalue weighted by Gasteiger charge is -2.15. The molecule has 2 aromatic rings. The minimum atomic E-state index is -0.0310. The first-order chi connectivity index (χ1) is 9.58. The number of H-pyrrole nitrogens is 1. The van der Waals surface area contributed by atoms with Gasteiger partial charge >= 0.3 is 0 Å². The largest absolute Gasteiger partial charge is 0.493 e. The van der Waals surface area contributed by atoms with Gasteiger partial charge in [0, 0.05) is 17.3 Å². The molecule has 108 valence electrons. The predicted octanol–water partition coefficient (Wildman–Crippen LogP) is 2.42. The highest BCUT2D eigenvalue weighted by Gasteiger charge is 2.20. The summed E-state index contributed by atoms with van der Waals surface area (Å²) in [6.07, 6.45) is 0.661. The molecule has 0 atom stereocenters.